The number of benzene rings is 14. The van der Waals surface area contributed by atoms with Crippen LogP contribution in [0.4, 0.5) is 0 Å². The van der Waals surface area contributed by atoms with Crippen LogP contribution < -0.4 is 0 Å². The lowest BCUT2D eigenvalue weighted by molar-refractivity contribution is 0.668. The summed E-state index contributed by atoms with van der Waals surface area (Å²) in [5, 5.41) is 10.9. The van der Waals surface area contributed by atoms with Gasteiger partial charge in [0.25, 0.3) is 0 Å². The van der Waals surface area contributed by atoms with Crippen LogP contribution in [-0.2, 0) is 0 Å². The zero-order valence-electron chi connectivity index (χ0n) is 56.0. The summed E-state index contributed by atoms with van der Waals surface area (Å²) in [5.41, 5.74) is 17.3. The van der Waals surface area contributed by atoms with Crippen molar-refractivity contribution < 1.29 is 8.83 Å². The van der Waals surface area contributed by atoms with E-state index in [1.54, 1.807) is 22.7 Å². The molecule has 0 saturated heterocycles. The molecule has 0 bridgehead atoms. The van der Waals surface area contributed by atoms with Gasteiger partial charge in [0.15, 0.2) is 34.9 Å². The molecule has 0 atom stereocenters. The highest BCUT2D eigenvalue weighted by atomic mass is 32.1. The molecule has 10 nitrogen and oxygen atoms in total. The number of nitrogens with zero attached hydrogens (tertiary/aromatic N) is 8. The molecule has 496 valence electrons. The van der Waals surface area contributed by atoms with Gasteiger partial charge >= 0.3 is 0 Å². The maximum Gasteiger partial charge on any atom is 0.164 e. The minimum atomic E-state index is 0.582. The Kier molecular flexibility index (Phi) is 14.8. The summed E-state index contributed by atoms with van der Waals surface area (Å²) in [6.45, 7) is 0. The van der Waals surface area contributed by atoms with Crippen molar-refractivity contribution >= 4 is 150 Å². The van der Waals surface area contributed by atoms with Crippen molar-refractivity contribution in [3.05, 3.63) is 315 Å². The van der Waals surface area contributed by atoms with Crippen molar-refractivity contribution in [2.75, 3.05) is 0 Å². The SMILES string of the molecule is c1ccc(-c2nc(-c3ccc(-c4cccc5c4sc4ccccc45)cc3)nc(-c3cccc4oc5cccc(-c6nc7ccccc7s6)c5c34)n2)cc1.c1ccc(-c2nc(-c3cccc(-c4cccc5c4sc4ccccc45)c3)nc(-c3cccc4oc5cccc(-c6nc7ccccc7s6)c5c34)n2)cc1. The van der Waals surface area contributed by atoms with E-state index in [0.29, 0.717) is 34.9 Å². The van der Waals surface area contributed by atoms with Crippen LogP contribution >= 0.6 is 45.3 Å². The average molecular weight is 1430 g/mol. The summed E-state index contributed by atoms with van der Waals surface area (Å²) in [6, 6.07) is 109. The Balaban J connectivity index is 0.000000136. The average Bonchev–Trinajstić information content (AvgIpc) is 1.56. The number of furan rings is 2. The van der Waals surface area contributed by atoms with Crippen LogP contribution in [0.5, 0.6) is 0 Å². The van der Waals surface area contributed by atoms with Crippen LogP contribution in [0.25, 0.3) is 216 Å². The molecule has 22 rings (SSSR count). The van der Waals surface area contributed by atoms with Gasteiger partial charge in [-0.2, -0.15) is 0 Å². The second-order valence-corrected chi connectivity index (χ2v) is 30.1. The zero-order chi connectivity index (χ0) is 69.8. The fourth-order valence-corrected chi connectivity index (χ4v) is 19.2. The predicted octanol–water partition coefficient (Wildman–Crippen LogP) is 26.2. The third-order valence-corrected chi connectivity index (χ3v) is 24.2. The largest absolute Gasteiger partial charge is 0.456 e. The van der Waals surface area contributed by atoms with Crippen LogP contribution in [0.1, 0.15) is 0 Å². The van der Waals surface area contributed by atoms with Crippen LogP contribution in [-0.4, -0.2) is 39.9 Å². The molecule has 0 aliphatic carbocycles. The predicted molar refractivity (Wildman–Crippen MR) is 441 cm³/mol. The number of aromatic nitrogens is 8. The number of hydrogen-bond donors (Lipinski definition) is 0. The molecule has 8 heterocycles. The fraction of sp³-hybridized carbons (Fsp3) is 0. The Bertz CT molecular complexity index is 7170. The van der Waals surface area contributed by atoms with Crippen molar-refractivity contribution in [3.8, 4) is 112 Å². The molecule has 0 N–H and O–H groups in total. The third-order valence-electron chi connectivity index (χ3n) is 19.6. The van der Waals surface area contributed by atoms with Crippen molar-refractivity contribution in [2.24, 2.45) is 0 Å². The summed E-state index contributed by atoms with van der Waals surface area (Å²) in [4.78, 5) is 40.9. The summed E-state index contributed by atoms with van der Waals surface area (Å²) in [6.07, 6.45) is 0. The Morgan fingerprint density at radius 3 is 0.991 bits per heavy atom. The molecule has 106 heavy (non-hydrogen) atoms. The van der Waals surface area contributed by atoms with Gasteiger partial charge in [-0.1, -0.05) is 249 Å². The van der Waals surface area contributed by atoms with Crippen molar-refractivity contribution in [1.29, 1.82) is 0 Å². The molecule has 0 saturated carbocycles. The quantitative estimate of drug-likeness (QED) is 0.130. The highest BCUT2D eigenvalue weighted by Crippen LogP contribution is 2.48. The van der Waals surface area contributed by atoms with Crippen molar-refractivity contribution in [2.45, 2.75) is 0 Å². The van der Waals surface area contributed by atoms with E-state index in [1.807, 2.05) is 144 Å². The molecule has 0 unspecified atom stereocenters. The Morgan fingerprint density at radius 2 is 0.519 bits per heavy atom. The molecule has 14 heteroatoms. The van der Waals surface area contributed by atoms with E-state index in [4.69, 9.17) is 48.7 Å². The number of hydrogen-bond acceptors (Lipinski definition) is 14. The first-order chi connectivity index (χ1) is 52.5. The van der Waals surface area contributed by atoms with E-state index in [-0.39, 0.29) is 0 Å². The normalized spacial score (nSPS) is 11.8. The Morgan fingerprint density at radius 1 is 0.198 bits per heavy atom. The number of rotatable bonds is 10. The molecular weight excluding hydrogens is 1380 g/mol. The lowest BCUT2D eigenvalue weighted by atomic mass is 10.00. The minimum Gasteiger partial charge on any atom is -0.456 e. The fourth-order valence-electron chi connectivity index (χ4n) is 14.7. The van der Waals surface area contributed by atoms with Gasteiger partial charge in [0.1, 0.15) is 32.3 Å². The van der Waals surface area contributed by atoms with E-state index in [0.717, 1.165) is 130 Å². The molecule has 0 fully saturated rings. The summed E-state index contributed by atoms with van der Waals surface area (Å²) in [5.74, 6) is 3.60. The number of fused-ring (bicyclic) bond motifs is 14. The van der Waals surface area contributed by atoms with Crippen molar-refractivity contribution in [3.63, 3.8) is 0 Å². The van der Waals surface area contributed by atoms with E-state index in [2.05, 4.69) is 194 Å². The molecule has 0 radical (unpaired) electrons. The number of para-hydroxylation sites is 2. The molecule has 0 aliphatic rings. The zero-order valence-corrected chi connectivity index (χ0v) is 59.3. The summed E-state index contributed by atoms with van der Waals surface area (Å²) >= 11 is 7.05. The maximum absolute atomic E-state index is 6.51. The second-order valence-electron chi connectivity index (χ2n) is 26.0. The first-order valence-corrected chi connectivity index (χ1v) is 38.0. The molecule has 0 amide bonds. The standard InChI is InChI=1S/2C46H26N4OS2/c1-2-12-27(13-3-1)43-48-44(29-15-8-14-28(26-29)30-17-9-18-32-31-16-4-6-24-38(31)52-42(30)32)50-45(49-43)33-19-10-22-36-40(33)41-34(20-11-23-37(41)51-36)46-47-35-21-5-7-25-39(35)53-46;1-2-11-28(12-3-1)43-48-44(29-25-23-27(24-26-29)30-14-8-15-32-31-13-4-6-21-38(31)52-42(30)32)50-45(49-43)33-16-9-19-36-40(33)41-34(17-10-20-37(41)51-36)46-47-35-18-5-7-22-39(35)53-46/h2*1-26H. The summed E-state index contributed by atoms with van der Waals surface area (Å²) < 4.78 is 20.4. The molecule has 8 aromatic heterocycles. The topological polar surface area (TPSA) is 129 Å². The van der Waals surface area contributed by atoms with Gasteiger partial charge in [0.05, 0.1) is 20.4 Å². The first-order valence-electron chi connectivity index (χ1n) is 34.8. The van der Waals surface area contributed by atoms with Gasteiger partial charge in [-0.25, -0.2) is 39.9 Å². The van der Waals surface area contributed by atoms with Crippen LogP contribution in [0, 0.1) is 0 Å². The van der Waals surface area contributed by atoms with Crippen LogP contribution in [0.2, 0.25) is 0 Å². The van der Waals surface area contributed by atoms with Gasteiger partial charge in [-0.05, 0) is 89.0 Å². The highest BCUT2D eigenvalue weighted by Gasteiger charge is 2.25. The van der Waals surface area contributed by atoms with E-state index in [1.165, 1.54) is 51.5 Å². The van der Waals surface area contributed by atoms with Gasteiger partial charge in [0.2, 0.25) is 0 Å². The van der Waals surface area contributed by atoms with E-state index in [9.17, 15) is 0 Å². The monoisotopic (exact) mass is 1430 g/mol. The van der Waals surface area contributed by atoms with E-state index >= 15 is 0 Å². The number of thiazole rings is 2. The molecule has 14 aromatic carbocycles. The van der Waals surface area contributed by atoms with Gasteiger partial charge in [0, 0.05) is 106 Å². The smallest absolute Gasteiger partial charge is 0.164 e. The maximum atomic E-state index is 6.51. The highest BCUT2D eigenvalue weighted by molar-refractivity contribution is 7.27. The minimum absolute atomic E-state index is 0.582. The van der Waals surface area contributed by atoms with Gasteiger partial charge in [-0.3, -0.25) is 0 Å². The first kappa shape index (κ1) is 61.6. The van der Waals surface area contributed by atoms with E-state index < -0.39 is 0 Å². The number of thiophene rings is 2. The molecular formula is C92H52N8O2S4. The Hall–Kier alpha value is -13.1. The van der Waals surface area contributed by atoms with Crippen LogP contribution in [0.3, 0.4) is 0 Å². The second kappa shape index (κ2) is 25.4. The molecule has 0 aliphatic heterocycles. The van der Waals surface area contributed by atoms with Gasteiger partial charge in [-0.15, -0.1) is 45.3 Å². The molecule has 0 spiro atoms. The molecule has 22 aromatic rings. The Labute approximate surface area is 621 Å². The van der Waals surface area contributed by atoms with Crippen LogP contribution in [0.15, 0.2) is 324 Å². The van der Waals surface area contributed by atoms with Gasteiger partial charge < -0.3 is 8.83 Å². The lowest BCUT2D eigenvalue weighted by Crippen LogP contribution is -2.00. The van der Waals surface area contributed by atoms with Crippen molar-refractivity contribution in [1.82, 2.24) is 39.9 Å². The lowest BCUT2D eigenvalue weighted by Gasteiger charge is -2.11. The summed E-state index contributed by atoms with van der Waals surface area (Å²) in [7, 11) is 0. The third kappa shape index (κ3) is 10.6.